The molecule has 2 saturated carbocycles. The Bertz CT molecular complexity index is 486. The largest absolute Gasteiger partial charge is 0.0654 e. The summed E-state index contributed by atoms with van der Waals surface area (Å²) in [6.07, 6.45) is 21.8. The predicted octanol–water partition coefficient (Wildman–Crippen LogP) is 8.69. The van der Waals surface area contributed by atoms with E-state index in [1.165, 1.54) is 96.3 Å². The first-order valence-corrected chi connectivity index (χ1v) is 12.4. The summed E-state index contributed by atoms with van der Waals surface area (Å²) in [5, 5.41) is 0. The zero-order valence-corrected chi connectivity index (χ0v) is 18.2. The van der Waals surface area contributed by atoms with E-state index < -0.39 is 0 Å². The van der Waals surface area contributed by atoms with Crippen molar-refractivity contribution < 1.29 is 0 Å². The quantitative estimate of drug-likeness (QED) is 0.382. The number of hydrogen-bond donors (Lipinski definition) is 0. The minimum atomic E-state index is 0.439. The van der Waals surface area contributed by atoms with Crippen LogP contribution in [0.1, 0.15) is 116 Å². The molecule has 0 heteroatoms. The third-order valence-corrected chi connectivity index (χ3v) is 8.14. The van der Waals surface area contributed by atoms with Crippen LogP contribution < -0.4 is 0 Å². The number of hydrogen-bond acceptors (Lipinski definition) is 0. The predicted molar refractivity (Wildman–Crippen MR) is 119 cm³/mol. The molecule has 2 fully saturated rings. The molecule has 3 rings (SSSR count). The Hall–Kier alpha value is -0.780. The van der Waals surface area contributed by atoms with Crippen LogP contribution in [0.4, 0.5) is 0 Å². The second kappa shape index (κ2) is 10.7. The fraction of sp³-hybridized carbons (Fsp3) is 0.778. The molecule has 0 radical (unpaired) electrons. The summed E-state index contributed by atoms with van der Waals surface area (Å²) in [4.78, 5) is 0. The Kier molecular flexibility index (Phi) is 8.28. The molecule has 27 heavy (non-hydrogen) atoms. The summed E-state index contributed by atoms with van der Waals surface area (Å²) < 4.78 is 0. The molecule has 2 aliphatic rings. The van der Waals surface area contributed by atoms with Crippen LogP contribution in [0.25, 0.3) is 0 Å². The van der Waals surface area contributed by atoms with Crippen molar-refractivity contribution in [1.29, 1.82) is 0 Å². The Morgan fingerprint density at radius 3 is 1.85 bits per heavy atom. The van der Waals surface area contributed by atoms with Crippen LogP contribution in [0, 0.1) is 17.8 Å². The van der Waals surface area contributed by atoms with Gasteiger partial charge in [-0.3, -0.25) is 0 Å². The van der Waals surface area contributed by atoms with E-state index >= 15 is 0 Å². The van der Waals surface area contributed by atoms with Gasteiger partial charge in [-0.1, -0.05) is 108 Å². The average molecular weight is 369 g/mol. The Labute approximate surface area is 169 Å². The van der Waals surface area contributed by atoms with Gasteiger partial charge in [-0.05, 0) is 55.4 Å². The molecule has 0 aromatic heterocycles. The molecule has 0 amide bonds. The SMILES string of the molecule is CCCCCCC(C)C(c1ccccc1)(C1CCCCC1)C1CCCCC1. The normalized spacial score (nSPS) is 21.3. The Balaban J connectivity index is 1.95. The minimum Gasteiger partial charge on any atom is -0.0654 e. The van der Waals surface area contributed by atoms with Gasteiger partial charge < -0.3 is 0 Å². The van der Waals surface area contributed by atoms with Gasteiger partial charge in [0.25, 0.3) is 0 Å². The summed E-state index contributed by atoms with van der Waals surface area (Å²) in [5.41, 5.74) is 2.14. The molecule has 0 saturated heterocycles. The smallest absolute Gasteiger partial charge is 0.00350 e. The van der Waals surface area contributed by atoms with Crippen LogP contribution in [0.2, 0.25) is 0 Å². The molecule has 0 heterocycles. The molecule has 1 aromatic carbocycles. The van der Waals surface area contributed by atoms with E-state index in [-0.39, 0.29) is 0 Å². The maximum Gasteiger partial charge on any atom is 0.00350 e. The fourth-order valence-corrected chi connectivity index (χ4v) is 6.90. The molecule has 0 aliphatic heterocycles. The summed E-state index contributed by atoms with van der Waals surface area (Å²) in [6.45, 7) is 4.98. The minimum absolute atomic E-state index is 0.439. The van der Waals surface area contributed by atoms with Crippen LogP contribution in [-0.2, 0) is 5.41 Å². The molecule has 0 N–H and O–H groups in total. The molecule has 0 bridgehead atoms. The van der Waals surface area contributed by atoms with Gasteiger partial charge >= 0.3 is 0 Å². The number of unbranched alkanes of at least 4 members (excludes halogenated alkanes) is 3. The second-order valence-electron chi connectivity index (χ2n) is 9.72. The summed E-state index contributed by atoms with van der Waals surface area (Å²) in [6, 6.07) is 11.9. The zero-order valence-electron chi connectivity index (χ0n) is 18.2. The van der Waals surface area contributed by atoms with Crippen molar-refractivity contribution in [2.24, 2.45) is 17.8 Å². The van der Waals surface area contributed by atoms with Gasteiger partial charge in [0.1, 0.15) is 0 Å². The maximum atomic E-state index is 2.64. The van der Waals surface area contributed by atoms with Crippen LogP contribution in [0.15, 0.2) is 30.3 Å². The Morgan fingerprint density at radius 2 is 1.33 bits per heavy atom. The van der Waals surface area contributed by atoms with Crippen molar-refractivity contribution in [1.82, 2.24) is 0 Å². The fourth-order valence-electron chi connectivity index (χ4n) is 6.90. The molecular formula is C27H44. The van der Waals surface area contributed by atoms with Crippen molar-refractivity contribution in [3.63, 3.8) is 0 Å². The van der Waals surface area contributed by atoms with Crippen LogP contribution >= 0.6 is 0 Å². The Morgan fingerprint density at radius 1 is 0.778 bits per heavy atom. The van der Waals surface area contributed by atoms with Crippen LogP contribution in [-0.4, -0.2) is 0 Å². The van der Waals surface area contributed by atoms with E-state index in [0.717, 1.165) is 17.8 Å². The summed E-state index contributed by atoms with van der Waals surface area (Å²) >= 11 is 0. The highest BCUT2D eigenvalue weighted by molar-refractivity contribution is 5.30. The lowest BCUT2D eigenvalue weighted by atomic mass is 9.50. The standard InChI is InChI=1S/C27H44/c1-3-4-5-9-16-23(2)27(24-17-10-6-11-18-24,25-19-12-7-13-20-25)26-21-14-8-15-22-26/h6,10-11,17-18,23,25-26H,3-5,7-9,12-16,19-22H2,1-2H3. The second-order valence-corrected chi connectivity index (χ2v) is 9.72. The lowest BCUT2D eigenvalue weighted by Crippen LogP contribution is -2.49. The molecule has 0 spiro atoms. The number of rotatable bonds is 9. The third kappa shape index (κ3) is 4.80. The van der Waals surface area contributed by atoms with E-state index in [9.17, 15) is 0 Å². The molecule has 1 unspecified atom stereocenters. The van der Waals surface area contributed by atoms with Crippen molar-refractivity contribution in [3.05, 3.63) is 35.9 Å². The van der Waals surface area contributed by atoms with Crippen molar-refractivity contribution in [2.45, 2.75) is 116 Å². The molecule has 152 valence electrons. The van der Waals surface area contributed by atoms with Gasteiger partial charge in [0.05, 0.1) is 0 Å². The molecule has 2 aliphatic carbocycles. The summed E-state index contributed by atoms with van der Waals surface area (Å²) in [7, 11) is 0. The van der Waals surface area contributed by atoms with Crippen LogP contribution in [0.5, 0.6) is 0 Å². The molecule has 1 aromatic rings. The first-order valence-electron chi connectivity index (χ1n) is 12.4. The van der Waals surface area contributed by atoms with Gasteiger partial charge in [0, 0.05) is 5.41 Å². The summed E-state index contributed by atoms with van der Waals surface area (Å²) in [5.74, 6) is 2.65. The van der Waals surface area contributed by atoms with Gasteiger partial charge in [-0.2, -0.15) is 0 Å². The van der Waals surface area contributed by atoms with E-state index in [2.05, 4.69) is 44.2 Å². The zero-order chi connectivity index (χ0) is 19.0. The lowest BCUT2D eigenvalue weighted by Gasteiger charge is -2.54. The highest BCUT2D eigenvalue weighted by atomic mass is 14.5. The maximum absolute atomic E-state index is 2.64. The van der Waals surface area contributed by atoms with Crippen molar-refractivity contribution in [2.75, 3.05) is 0 Å². The first-order chi connectivity index (χ1) is 13.3. The van der Waals surface area contributed by atoms with E-state index in [1.54, 1.807) is 5.56 Å². The van der Waals surface area contributed by atoms with E-state index in [1.807, 2.05) is 0 Å². The number of benzene rings is 1. The van der Waals surface area contributed by atoms with Gasteiger partial charge in [-0.25, -0.2) is 0 Å². The monoisotopic (exact) mass is 368 g/mol. The van der Waals surface area contributed by atoms with Crippen molar-refractivity contribution >= 4 is 0 Å². The third-order valence-electron chi connectivity index (χ3n) is 8.14. The molecular weight excluding hydrogens is 324 g/mol. The average Bonchev–Trinajstić information content (AvgIpc) is 2.74. The van der Waals surface area contributed by atoms with E-state index in [4.69, 9.17) is 0 Å². The molecule has 0 nitrogen and oxygen atoms in total. The van der Waals surface area contributed by atoms with E-state index in [0.29, 0.717) is 5.41 Å². The highest BCUT2D eigenvalue weighted by Crippen LogP contribution is 2.55. The molecule has 1 atom stereocenters. The van der Waals surface area contributed by atoms with Gasteiger partial charge in [0.15, 0.2) is 0 Å². The first kappa shape index (κ1) is 20.9. The highest BCUT2D eigenvalue weighted by Gasteiger charge is 2.49. The van der Waals surface area contributed by atoms with Gasteiger partial charge in [-0.15, -0.1) is 0 Å². The van der Waals surface area contributed by atoms with Crippen molar-refractivity contribution in [3.8, 4) is 0 Å². The van der Waals surface area contributed by atoms with Gasteiger partial charge in [0.2, 0.25) is 0 Å². The topological polar surface area (TPSA) is 0 Å². The van der Waals surface area contributed by atoms with Crippen LogP contribution in [0.3, 0.4) is 0 Å². The lowest BCUT2D eigenvalue weighted by molar-refractivity contribution is 0.0437.